The van der Waals surface area contributed by atoms with Gasteiger partial charge in [0.15, 0.2) is 0 Å². The van der Waals surface area contributed by atoms with Crippen molar-refractivity contribution >= 4 is 11.4 Å². The fourth-order valence-electron chi connectivity index (χ4n) is 3.08. The Morgan fingerprint density at radius 2 is 2.29 bits per heavy atom. The third-order valence-electron chi connectivity index (χ3n) is 4.10. The van der Waals surface area contributed by atoms with Crippen LogP contribution in [0.2, 0.25) is 0 Å². The molecular weight excluding hydrogens is 266 g/mol. The lowest BCUT2D eigenvalue weighted by atomic mass is 9.98. The number of hydrogen-bond acceptors (Lipinski definition) is 4. The van der Waals surface area contributed by atoms with Gasteiger partial charge in [0.25, 0.3) is 5.69 Å². The molecule has 0 saturated carbocycles. The summed E-state index contributed by atoms with van der Waals surface area (Å²) in [7, 11) is 0. The lowest BCUT2D eigenvalue weighted by Crippen LogP contribution is -2.39. The Morgan fingerprint density at radius 1 is 1.48 bits per heavy atom. The number of non-ortho nitro benzene ring substituents is 1. The van der Waals surface area contributed by atoms with Gasteiger partial charge in [-0.15, -0.1) is 0 Å². The van der Waals surface area contributed by atoms with Gasteiger partial charge < -0.3 is 10.2 Å². The Hall–Kier alpha value is -1.62. The molecule has 5 nitrogen and oxygen atoms in total. The molecule has 116 valence electrons. The molecule has 1 heterocycles. The summed E-state index contributed by atoms with van der Waals surface area (Å²) >= 11 is 0. The normalized spacial score (nSPS) is 18.5. The van der Waals surface area contributed by atoms with Gasteiger partial charge in [-0.05, 0) is 56.8 Å². The summed E-state index contributed by atoms with van der Waals surface area (Å²) in [4.78, 5) is 12.9. The Morgan fingerprint density at radius 3 is 2.86 bits per heavy atom. The molecule has 5 heteroatoms. The van der Waals surface area contributed by atoms with E-state index in [1.807, 2.05) is 13.0 Å². The number of nitrogens with zero attached hydrogens (tertiary/aromatic N) is 2. The number of nitro groups is 1. The number of benzene rings is 1. The highest BCUT2D eigenvalue weighted by Gasteiger charge is 2.19. The van der Waals surface area contributed by atoms with Gasteiger partial charge in [0.2, 0.25) is 0 Å². The fraction of sp³-hybridized carbons (Fsp3) is 0.625. The molecule has 1 aromatic carbocycles. The summed E-state index contributed by atoms with van der Waals surface area (Å²) in [6.07, 6.45) is 3.58. The number of hydrogen-bond donors (Lipinski definition) is 1. The Kier molecular flexibility index (Phi) is 5.56. The minimum atomic E-state index is -0.327. The molecule has 1 unspecified atom stereocenters. The van der Waals surface area contributed by atoms with E-state index < -0.39 is 0 Å². The largest absolute Gasteiger partial charge is 0.371 e. The van der Waals surface area contributed by atoms with Crippen LogP contribution in [-0.2, 0) is 0 Å². The van der Waals surface area contributed by atoms with Crippen molar-refractivity contribution in [3.8, 4) is 0 Å². The third kappa shape index (κ3) is 4.17. The van der Waals surface area contributed by atoms with Crippen molar-refractivity contribution in [1.82, 2.24) is 5.32 Å². The van der Waals surface area contributed by atoms with Crippen LogP contribution in [0.5, 0.6) is 0 Å². The first-order valence-corrected chi connectivity index (χ1v) is 7.82. The van der Waals surface area contributed by atoms with Crippen LogP contribution in [0.4, 0.5) is 11.4 Å². The summed E-state index contributed by atoms with van der Waals surface area (Å²) in [6, 6.07) is 5.20. The van der Waals surface area contributed by atoms with Crippen LogP contribution in [0.15, 0.2) is 18.2 Å². The molecule has 0 amide bonds. The van der Waals surface area contributed by atoms with E-state index >= 15 is 0 Å². The quantitative estimate of drug-likeness (QED) is 0.646. The molecule has 1 aromatic rings. The van der Waals surface area contributed by atoms with Crippen LogP contribution in [0.3, 0.4) is 0 Å². The summed E-state index contributed by atoms with van der Waals surface area (Å²) in [5, 5.41) is 14.3. The SMILES string of the molecule is CCCN(CC1CCCNC1)c1ccc([N+](=O)[O-])cc1C. The van der Waals surface area contributed by atoms with Crippen LogP contribution >= 0.6 is 0 Å². The van der Waals surface area contributed by atoms with Gasteiger partial charge in [-0.25, -0.2) is 0 Å². The third-order valence-corrected chi connectivity index (χ3v) is 4.10. The monoisotopic (exact) mass is 291 g/mol. The van der Waals surface area contributed by atoms with E-state index in [0.717, 1.165) is 43.9 Å². The number of piperidine rings is 1. The van der Waals surface area contributed by atoms with Gasteiger partial charge in [-0.1, -0.05) is 6.92 Å². The molecule has 1 aliphatic heterocycles. The highest BCUT2D eigenvalue weighted by molar-refractivity contribution is 5.57. The summed E-state index contributed by atoms with van der Waals surface area (Å²) in [5.41, 5.74) is 2.29. The number of aryl methyl sites for hydroxylation is 1. The molecule has 1 atom stereocenters. The molecule has 0 aromatic heterocycles. The fourth-order valence-corrected chi connectivity index (χ4v) is 3.08. The average molecular weight is 291 g/mol. The molecule has 0 radical (unpaired) electrons. The standard InChI is InChI=1S/C16H25N3O2/c1-3-9-18(12-14-5-4-8-17-11-14)16-7-6-15(19(20)21)10-13(16)2/h6-7,10,14,17H,3-5,8-9,11-12H2,1-2H3. The van der Waals surface area contributed by atoms with E-state index in [2.05, 4.69) is 17.1 Å². The number of nitrogens with one attached hydrogen (secondary N) is 1. The van der Waals surface area contributed by atoms with Crippen molar-refractivity contribution in [2.45, 2.75) is 33.1 Å². The lowest BCUT2D eigenvalue weighted by Gasteiger charge is -2.32. The second-order valence-electron chi connectivity index (χ2n) is 5.89. The second kappa shape index (κ2) is 7.41. The maximum atomic E-state index is 10.9. The summed E-state index contributed by atoms with van der Waals surface area (Å²) < 4.78 is 0. The molecule has 2 rings (SSSR count). The van der Waals surface area contributed by atoms with Crippen molar-refractivity contribution in [3.05, 3.63) is 33.9 Å². The average Bonchev–Trinajstić information content (AvgIpc) is 2.48. The van der Waals surface area contributed by atoms with Crippen molar-refractivity contribution < 1.29 is 4.92 Å². The minimum absolute atomic E-state index is 0.173. The molecule has 1 fully saturated rings. The number of anilines is 1. The van der Waals surface area contributed by atoms with Crippen LogP contribution in [-0.4, -0.2) is 31.1 Å². The van der Waals surface area contributed by atoms with E-state index in [9.17, 15) is 10.1 Å². The molecule has 21 heavy (non-hydrogen) atoms. The van der Waals surface area contributed by atoms with E-state index in [1.54, 1.807) is 12.1 Å². The van der Waals surface area contributed by atoms with Crippen LogP contribution in [0, 0.1) is 23.0 Å². The second-order valence-corrected chi connectivity index (χ2v) is 5.89. The van der Waals surface area contributed by atoms with Gasteiger partial charge in [0.05, 0.1) is 4.92 Å². The highest BCUT2D eigenvalue weighted by atomic mass is 16.6. The first kappa shape index (κ1) is 15.8. The molecule has 0 spiro atoms. The van der Waals surface area contributed by atoms with Crippen molar-refractivity contribution in [3.63, 3.8) is 0 Å². The van der Waals surface area contributed by atoms with Crippen LogP contribution < -0.4 is 10.2 Å². The maximum Gasteiger partial charge on any atom is 0.269 e. The van der Waals surface area contributed by atoms with Crippen LogP contribution in [0.1, 0.15) is 31.7 Å². The topological polar surface area (TPSA) is 58.4 Å². The van der Waals surface area contributed by atoms with Crippen molar-refractivity contribution in [2.75, 3.05) is 31.1 Å². The summed E-state index contributed by atoms with van der Waals surface area (Å²) in [5.74, 6) is 0.667. The predicted octanol–water partition coefficient (Wildman–Crippen LogP) is 3.12. The smallest absolute Gasteiger partial charge is 0.269 e. The van der Waals surface area contributed by atoms with E-state index in [-0.39, 0.29) is 10.6 Å². The maximum absolute atomic E-state index is 10.9. The van der Waals surface area contributed by atoms with Crippen molar-refractivity contribution in [1.29, 1.82) is 0 Å². The van der Waals surface area contributed by atoms with Gasteiger partial charge in [0.1, 0.15) is 0 Å². The van der Waals surface area contributed by atoms with E-state index in [0.29, 0.717) is 5.92 Å². The summed E-state index contributed by atoms with van der Waals surface area (Å²) in [6.45, 7) is 8.36. The minimum Gasteiger partial charge on any atom is -0.371 e. The molecular formula is C16H25N3O2. The first-order chi connectivity index (χ1) is 10.1. The molecule has 0 bridgehead atoms. The van der Waals surface area contributed by atoms with Crippen molar-refractivity contribution in [2.24, 2.45) is 5.92 Å². The Balaban J connectivity index is 2.14. The number of rotatable bonds is 6. The molecule has 1 saturated heterocycles. The molecule has 1 N–H and O–H groups in total. The number of nitro benzene ring substituents is 1. The van der Waals surface area contributed by atoms with Gasteiger partial charge in [0, 0.05) is 30.9 Å². The first-order valence-electron chi connectivity index (χ1n) is 7.82. The van der Waals surface area contributed by atoms with E-state index in [1.165, 1.54) is 12.8 Å². The zero-order valence-electron chi connectivity index (χ0n) is 13.0. The zero-order valence-corrected chi connectivity index (χ0v) is 13.0. The Bertz CT molecular complexity index is 484. The van der Waals surface area contributed by atoms with E-state index in [4.69, 9.17) is 0 Å². The van der Waals surface area contributed by atoms with Gasteiger partial charge >= 0.3 is 0 Å². The molecule has 0 aliphatic carbocycles. The molecule has 1 aliphatic rings. The highest BCUT2D eigenvalue weighted by Crippen LogP contribution is 2.26. The Labute approximate surface area is 126 Å². The van der Waals surface area contributed by atoms with Gasteiger partial charge in [-0.2, -0.15) is 0 Å². The van der Waals surface area contributed by atoms with Crippen LogP contribution in [0.25, 0.3) is 0 Å². The van der Waals surface area contributed by atoms with Gasteiger partial charge in [-0.3, -0.25) is 10.1 Å². The lowest BCUT2D eigenvalue weighted by molar-refractivity contribution is -0.384. The predicted molar refractivity (Wildman–Crippen MR) is 85.9 cm³/mol. The zero-order chi connectivity index (χ0) is 15.2.